The Morgan fingerprint density at radius 2 is 1.78 bits per heavy atom. The molecular formula is C25H28FN3O3. The molecule has 1 saturated heterocycles. The van der Waals surface area contributed by atoms with Crippen LogP contribution < -0.4 is 4.74 Å². The summed E-state index contributed by atoms with van der Waals surface area (Å²) < 4.78 is 24.5. The van der Waals surface area contributed by atoms with Crippen molar-refractivity contribution in [3.63, 3.8) is 0 Å². The van der Waals surface area contributed by atoms with Crippen LogP contribution in [0, 0.1) is 26.6 Å². The number of ether oxygens (including phenoxy) is 1. The van der Waals surface area contributed by atoms with E-state index < -0.39 is 0 Å². The molecule has 3 aromatic rings. The zero-order valence-electron chi connectivity index (χ0n) is 18.7. The average molecular weight is 438 g/mol. The summed E-state index contributed by atoms with van der Waals surface area (Å²) in [4.78, 5) is 17.2. The van der Waals surface area contributed by atoms with Gasteiger partial charge in [0.2, 0.25) is 0 Å². The summed E-state index contributed by atoms with van der Waals surface area (Å²) in [6.07, 6.45) is 0. The summed E-state index contributed by atoms with van der Waals surface area (Å²) >= 11 is 0. The lowest BCUT2D eigenvalue weighted by molar-refractivity contribution is 0.0616. The Morgan fingerprint density at radius 3 is 2.50 bits per heavy atom. The van der Waals surface area contributed by atoms with Gasteiger partial charge in [0.25, 0.3) is 5.91 Å². The number of piperazine rings is 1. The van der Waals surface area contributed by atoms with Crippen molar-refractivity contribution < 1.29 is 18.4 Å². The molecule has 1 fully saturated rings. The zero-order chi connectivity index (χ0) is 22.7. The maximum Gasteiger partial charge on any atom is 0.276 e. The van der Waals surface area contributed by atoms with Gasteiger partial charge >= 0.3 is 0 Å². The first-order valence-electron chi connectivity index (χ1n) is 10.8. The molecule has 0 unspecified atom stereocenters. The second kappa shape index (κ2) is 9.53. The van der Waals surface area contributed by atoms with Crippen molar-refractivity contribution in [2.24, 2.45) is 0 Å². The number of amides is 1. The smallest absolute Gasteiger partial charge is 0.276 e. The van der Waals surface area contributed by atoms with E-state index >= 15 is 0 Å². The zero-order valence-corrected chi connectivity index (χ0v) is 18.7. The summed E-state index contributed by atoms with van der Waals surface area (Å²) in [5.41, 5.74) is 4.29. The summed E-state index contributed by atoms with van der Waals surface area (Å²) in [6, 6.07) is 12.5. The molecule has 2 aromatic carbocycles. The lowest BCUT2D eigenvalue weighted by Gasteiger charge is -2.34. The van der Waals surface area contributed by atoms with Crippen molar-refractivity contribution in [2.75, 3.05) is 26.2 Å². The molecular weight excluding hydrogens is 409 g/mol. The van der Waals surface area contributed by atoms with E-state index in [4.69, 9.17) is 9.26 Å². The highest BCUT2D eigenvalue weighted by atomic mass is 19.1. The number of halogens is 1. The standard InChI is InChI=1S/C25H28FN3O3/c1-17-5-4-6-23(18(17)2)31-16-22-19(3)32-27-24(22)25(30)29-13-11-28(12-14-29)15-20-7-9-21(26)10-8-20/h4-10H,11-16H2,1-3H3. The maximum atomic E-state index is 13.2. The van der Waals surface area contributed by atoms with Crippen LogP contribution >= 0.6 is 0 Å². The van der Waals surface area contributed by atoms with E-state index in [0.29, 0.717) is 30.1 Å². The van der Waals surface area contributed by atoms with Gasteiger partial charge in [-0.2, -0.15) is 0 Å². The predicted molar refractivity (Wildman–Crippen MR) is 119 cm³/mol. The average Bonchev–Trinajstić information content (AvgIpc) is 3.16. The molecule has 1 aliphatic rings. The van der Waals surface area contributed by atoms with E-state index in [-0.39, 0.29) is 18.3 Å². The fourth-order valence-corrected chi connectivity index (χ4v) is 3.87. The van der Waals surface area contributed by atoms with Crippen molar-refractivity contribution in [1.29, 1.82) is 0 Å². The number of nitrogens with zero attached hydrogens (tertiary/aromatic N) is 3. The number of aryl methyl sites for hydroxylation is 2. The molecule has 2 heterocycles. The molecule has 6 nitrogen and oxygen atoms in total. The minimum atomic E-state index is -0.232. The van der Waals surface area contributed by atoms with Gasteiger partial charge in [-0.15, -0.1) is 0 Å². The molecule has 7 heteroatoms. The van der Waals surface area contributed by atoms with Gasteiger partial charge < -0.3 is 14.2 Å². The Hall–Kier alpha value is -3.19. The van der Waals surface area contributed by atoms with Crippen LogP contribution in [0.25, 0.3) is 0 Å². The summed E-state index contributed by atoms with van der Waals surface area (Å²) in [5.74, 6) is 1.01. The third-order valence-electron chi connectivity index (χ3n) is 6.09. The highest BCUT2D eigenvalue weighted by Gasteiger charge is 2.28. The van der Waals surface area contributed by atoms with Crippen molar-refractivity contribution in [3.8, 4) is 5.75 Å². The Morgan fingerprint density at radius 1 is 1.06 bits per heavy atom. The molecule has 0 spiro atoms. The molecule has 0 N–H and O–H groups in total. The Balaban J connectivity index is 1.38. The molecule has 32 heavy (non-hydrogen) atoms. The van der Waals surface area contributed by atoms with Crippen LogP contribution in [0.3, 0.4) is 0 Å². The van der Waals surface area contributed by atoms with Crippen LogP contribution in [0.15, 0.2) is 47.0 Å². The number of hydrogen-bond donors (Lipinski definition) is 0. The molecule has 4 rings (SSSR count). The van der Waals surface area contributed by atoms with Crippen LogP contribution in [-0.4, -0.2) is 47.0 Å². The minimum absolute atomic E-state index is 0.136. The first kappa shape index (κ1) is 22.0. The molecule has 0 saturated carbocycles. The summed E-state index contributed by atoms with van der Waals surface area (Å²) in [7, 11) is 0. The molecule has 0 aliphatic carbocycles. The fourth-order valence-electron chi connectivity index (χ4n) is 3.87. The van der Waals surface area contributed by atoms with E-state index in [9.17, 15) is 9.18 Å². The lowest BCUT2D eigenvalue weighted by atomic mass is 10.1. The molecule has 1 amide bonds. The summed E-state index contributed by atoms with van der Waals surface area (Å²) in [5, 5.41) is 4.04. The van der Waals surface area contributed by atoms with Gasteiger partial charge in [-0.05, 0) is 55.7 Å². The van der Waals surface area contributed by atoms with Crippen LogP contribution in [-0.2, 0) is 13.2 Å². The third-order valence-corrected chi connectivity index (χ3v) is 6.09. The molecule has 1 aliphatic heterocycles. The van der Waals surface area contributed by atoms with Crippen LogP contribution in [0.4, 0.5) is 4.39 Å². The molecule has 0 atom stereocenters. The number of carbonyl (C=O) groups excluding carboxylic acids is 1. The first-order valence-corrected chi connectivity index (χ1v) is 10.8. The van der Waals surface area contributed by atoms with Crippen LogP contribution in [0.1, 0.15) is 38.5 Å². The Bertz CT molecular complexity index is 1090. The largest absolute Gasteiger partial charge is 0.488 e. The number of carbonyl (C=O) groups is 1. The monoisotopic (exact) mass is 437 g/mol. The van der Waals surface area contributed by atoms with Gasteiger partial charge in [0.15, 0.2) is 5.69 Å². The molecule has 0 radical (unpaired) electrons. The quantitative estimate of drug-likeness (QED) is 0.576. The highest BCUT2D eigenvalue weighted by Crippen LogP contribution is 2.24. The van der Waals surface area contributed by atoms with Crippen molar-refractivity contribution in [1.82, 2.24) is 15.0 Å². The van der Waals surface area contributed by atoms with Gasteiger partial charge in [0.1, 0.15) is 23.9 Å². The second-order valence-corrected chi connectivity index (χ2v) is 8.25. The van der Waals surface area contributed by atoms with Crippen molar-refractivity contribution in [3.05, 3.63) is 82.0 Å². The van der Waals surface area contributed by atoms with Crippen LogP contribution in [0.5, 0.6) is 5.75 Å². The predicted octanol–water partition coefficient (Wildman–Crippen LogP) is 4.28. The fraction of sp³-hybridized carbons (Fsp3) is 0.360. The van der Waals surface area contributed by atoms with Crippen LogP contribution in [0.2, 0.25) is 0 Å². The van der Waals surface area contributed by atoms with E-state index in [1.807, 2.05) is 32.0 Å². The van der Waals surface area contributed by atoms with E-state index in [1.54, 1.807) is 24.0 Å². The SMILES string of the molecule is Cc1cccc(OCc2c(C(=O)N3CCN(Cc4ccc(F)cc4)CC3)noc2C)c1C. The van der Waals surface area contributed by atoms with E-state index in [0.717, 1.165) is 42.1 Å². The maximum absolute atomic E-state index is 13.2. The second-order valence-electron chi connectivity index (χ2n) is 8.25. The normalized spacial score (nSPS) is 14.6. The number of rotatable bonds is 6. The Kier molecular flexibility index (Phi) is 6.55. The molecule has 0 bridgehead atoms. The van der Waals surface area contributed by atoms with Crippen molar-refractivity contribution in [2.45, 2.75) is 33.9 Å². The Labute approximate surface area is 187 Å². The van der Waals surface area contributed by atoms with E-state index in [2.05, 4.69) is 10.1 Å². The topological polar surface area (TPSA) is 58.8 Å². The van der Waals surface area contributed by atoms with E-state index in [1.165, 1.54) is 12.1 Å². The number of benzene rings is 2. The molecule has 168 valence electrons. The first-order chi connectivity index (χ1) is 15.4. The number of hydrogen-bond acceptors (Lipinski definition) is 5. The highest BCUT2D eigenvalue weighted by molar-refractivity contribution is 5.93. The van der Waals surface area contributed by atoms with Gasteiger partial charge in [0.05, 0.1) is 5.56 Å². The molecule has 1 aromatic heterocycles. The number of aromatic nitrogens is 1. The third kappa shape index (κ3) is 4.83. The van der Waals surface area contributed by atoms with Gasteiger partial charge in [0, 0.05) is 32.7 Å². The lowest BCUT2D eigenvalue weighted by Crippen LogP contribution is -2.48. The summed E-state index contributed by atoms with van der Waals surface area (Å²) in [6.45, 7) is 9.51. The minimum Gasteiger partial charge on any atom is -0.488 e. The van der Waals surface area contributed by atoms with Gasteiger partial charge in [-0.25, -0.2) is 4.39 Å². The van der Waals surface area contributed by atoms with Gasteiger partial charge in [-0.1, -0.05) is 29.4 Å². The van der Waals surface area contributed by atoms with Crippen molar-refractivity contribution >= 4 is 5.91 Å². The van der Waals surface area contributed by atoms with Gasteiger partial charge in [-0.3, -0.25) is 9.69 Å².